The van der Waals surface area contributed by atoms with Gasteiger partial charge in [-0.15, -0.1) is 0 Å². The molecule has 158 valence electrons. The van der Waals surface area contributed by atoms with Crippen molar-refractivity contribution in [1.82, 2.24) is 0 Å². The maximum atomic E-state index is 14.1. The van der Waals surface area contributed by atoms with Crippen molar-refractivity contribution in [3.63, 3.8) is 0 Å². The third kappa shape index (κ3) is 3.28. The molecule has 0 saturated heterocycles. The number of fused-ring (bicyclic) bond motifs is 2. The summed E-state index contributed by atoms with van der Waals surface area (Å²) in [6.45, 7) is 0. The van der Waals surface area contributed by atoms with Gasteiger partial charge in [-0.2, -0.15) is 0 Å². The van der Waals surface area contributed by atoms with Gasteiger partial charge >= 0.3 is 0 Å². The van der Waals surface area contributed by atoms with Crippen LogP contribution in [0.4, 0.5) is 0 Å². The van der Waals surface area contributed by atoms with E-state index in [4.69, 9.17) is 0 Å². The van der Waals surface area contributed by atoms with Gasteiger partial charge in [0.2, 0.25) is 0 Å². The molecule has 3 aliphatic rings. The van der Waals surface area contributed by atoms with Crippen molar-refractivity contribution in [3.8, 4) is 0 Å². The van der Waals surface area contributed by atoms with Crippen LogP contribution in [0, 0.1) is 10.8 Å². The smallest absolute Gasteiger partial charge is 0.146 e. The standard InChI is InChI=1S/C25H24Br4O/c26-11-19-3-15-7-24(8-16(15)4-20(19)12-27)1-2-25(23(24)30)9-17-5-21(13-28)22(14-29)6-18(17)10-25/h3-6H,1-2,7-14H2. The Labute approximate surface area is 212 Å². The number of hydrogen-bond donors (Lipinski definition) is 0. The average Bonchev–Trinajstić information content (AvgIpc) is 3.40. The van der Waals surface area contributed by atoms with Gasteiger partial charge in [0, 0.05) is 32.2 Å². The van der Waals surface area contributed by atoms with Crippen LogP contribution < -0.4 is 0 Å². The number of carbonyl (C=O) groups is 1. The van der Waals surface area contributed by atoms with Gasteiger partial charge in [-0.05, 0) is 83.0 Å². The Kier molecular flexibility index (Phi) is 5.91. The predicted octanol–water partition coefficient (Wildman–Crippen LogP) is 7.50. The van der Waals surface area contributed by atoms with E-state index in [-0.39, 0.29) is 10.8 Å². The van der Waals surface area contributed by atoms with Crippen LogP contribution in [0.3, 0.4) is 0 Å². The molecule has 5 rings (SSSR count). The van der Waals surface area contributed by atoms with Crippen LogP contribution in [0.1, 0.15) is 57.3 Å². The van der Waals surface area contributed by atoms with Gasteiger partial charge in [-0.3, -0.25) is 4.79 Å². The van der Waals surface area contributed by atoms with Crippen LogP contribution in [0.15, 0.2) is 24.3 Å². The molecule has 2 aromatic carbocycles. The lowest BCUT2D eigenvalue weighted by Crippen LogP contribution is -2.37. The molecule has 1 saturated carbocycles. The molecule has 0 atom stereocenters. The van der Waals surface area contributed by atoms with Crippen LogP contribution >= 0.6 is 63.7 Å². The maximum absolute atomic E-state index is 14.1. The highest BCUT2D eigenvalue weighted by atomic mass is 79.9. The molecule has 5 heteroatoms. The fourth-order valence-corrected chi connectivity index (χ4v) is 8.35. The average molecular weight is 660 g/mol. The monoisotopic (exact) mass is 656 g/mol. The Balaban J connectivity index is 1.46. The van der Waals surface area contributed by atoms with Crippen molar-refractivity contribution in [2.75, 3.05) is 0 Å². The summed E-state index contributed by atoms with van der Waals surface area (Å²) in [6.07, 6.45) is 5.81. The largest absolute Gasteiger partial charge is 0.298 e. The van der Waals surface area contributed by atoms with E-state index in [1.807, 2.05) is 0 Å². The van der Waals surface area contributed by atoms with Gasteiger partial charge < -0.3 is 0 Å². The van der Waals surface area contributed by atoms with Gasteiger partial charge in [0.25, 0.3) is 0 Å². The lowest BCUT2D eigenvalue weighted by molar-refractivity contribution is -0.133. The Morgan fingerprint density at radius 2 is 0.833 bits per heavy atom. The van der Waals surface area contributed by atoms with Crippen molar-refractivity contribution in [1.29, 1.82) is 0 Å². The summed E-state index contributed by atoms with van der Waals surface area (Å²) in [7, 11) is 0. The fraction of sp³-hybridized carbons (Fsp3) is 0.480. The quantitative estimate of drug-likeness (QED) is 0.311. The molecule has 2 spiro atoms. The Hall–Kier alpha value is 0.0300. The summed E-state index contributed by atoms with van der Waals surface area (Å²) < 4.78 is 0. The van der Waals surface area contributed by atoms with Crippen LogP contribution in [-0.4, -0.2) is 5.78 Å². The molecule has 0 amide bonds. The highest BCUT2D eigenvalue weighted by Gasteiger charge is 2.59. The number of rotatable bonds is 4. The first-order valence-corrected chi connectivity index (χ1v) is 15.0. The van der Waals surface area contributed by atoms with E-state index in [0.29, 0.717) is 5.78 Å². The first-order valence-electron chi connectivity index (χ1n) is 10.5. The molecule has 0 heterocycles. The number of benzene rings is 2. The van der Waals surface area contributed by atoms with Crippen LogP contribution in [0.25, 0.3) is 0 Å². The van der Waals surface area contributed by atoms with Gasteiger partial charge in [0.15, 0.2) is 0 Å². The molecule has 0 radical (unpaired) electrons. The minimum atomic E-state index is -0.171. The maximum Gasteiger partial charge on any atom is 0.146 e. The molecule has 30 heavy (non-hydrogen) atoms. The SMILES string of the molecule is O=C1C2(CCC13Cc1cc(CBr)c(CBr)cc1C3)Cc1cc(CBr)c(CBr)cc1C2. The zero-order valence-corrected chi connectivity index (χ0v) is 23.1. The zero-order chi connectivity index (χ0) is 21.1. The van der Waals surface area contributed by atoms with Crippen LogP contribution in [-0.2, 0) is 51.8 Å². The molecule has 0 N–H and O–H groups in total. The van der Waals surface area contributed by atoms with Gasteiger partial charge in [-0.25, -0.2) is 0 Å². The van der Waals surface area contributed by atoms with E-state index in [1.54, 1.807) is 0 Å². The highest BCUT2D eigenvalue weighted by molar-refractivity contribution is 9.09. The molecule has 0 aliphatic heterocycles. The highest BCUT2D eigenvalue weighted by Crippen LogP contribution is 2.58. The van der Waals surface area contributed by atoms with E-state index in [0.717, 1.165) is 59.8 Å². The summed E-state index contributed by atoms with van der Waals surface area (Å²) in [5.74, 6) is 0.545. The molecular formula is C25H24Br4O. The Morgan fingerprint density at radius 3 is 1.07 bits per heavy atom. The van der Waals surface area contributed by atoms with Crippen molar-refractivity contribution in [2.24, 2.45) is 10.8 Å². The second kappa shape index (κ2) is 8.11. The molecule has 1 fully saturated rings. The van der Waals surface area contributed by atoms with Crippen LogP contribution in [0.5, 0.6) is 0 Å². The fourth-order valence-electron chi connectivity index (χ4n) is 6.26. The minimum absolute atomic E-state index is 0.171. The lowest BCUT2D eigenvalue weighted by Gasteiger charge is -2.26. The molecule has 0 unspecified atom stereocenters. The van der Waals surface area contributed by atoms with Gasteiger partial charge in [0.05, 0.1) is 0 Å². The number of alkyl halides is 4. The second-order valence-electron chi connectivity index (χ2n) is 9.41. The third-order valence-electron chi connectivity index (χ3n) is 7.78. The van der Waals surface area contributed by atoms with E-state index in [1.165, 1.54) is 44.5 Å². The number of carbonyl (C=O) groups excluding carboxylic acids is 1. The Morgan fingerprint density at radius 1 is 0.567 bits per heavy atom. The normalized spacial score (nSPS) is 20.3. The predicted molar refractivity (Wildman–Crippen MR) is 137 cm³/mol. The van der Waals surface area contributed by atoms with E-state index in [9.17, 15) is 4.79 Å². The zero-order valence-electron chi connectivity index (χ0n) is 16.8. The molecular weight excluding hydrogens is 636 g/mol. The summed E-state index contributed by atoms with van der Waals surface area (Å²) in [5.41, 5.74) is 10.7. The van der Waals surface area contributed by atoms with Crippen LogP contribution in [0.2, 0.25) is 0 Å². The number of halogens is 4. The van der Waals surface area contributed by atoms with Crippen molar-refractivity contribution in [3.05, 3.63) is 68.8 Å². The van der Waals surface area contributed by atoms with E-state index >= 15 is 0 Å². The summed E-state index contributed by atoms with van der Waals surface area (Å²) in [6, 6.07) is 9.40. The number of ketones is 1. The van der Waals surface area contributed by atoms with E-state index < -0.39 is 0 Å². The van der Waals surface area contributed by atoms with Crippen molar-refractivity contribution in [2.45, 2.75) is 59.8 Å². The second-order valence-corrected chi connectivity index (χ2v) is 11.7. The number of Topliss-reactive ketones (excluding diaryl/α,β-unsaturated/α-hetero) is 1. The van der Waals surface area contributed by atoms with Crippen molar-refractivity contribution >= 4 is 69.5 Å². The number of hydrogen-bond acceptors (Lipinski definition) is 1. The molecule has 0 bridgehead atoms. The first-order chi connectivity index (χ1) is 14.5. The minimum Gasteiger partial charge on any atom is -0.298 e. The summed E-state index contributed by atoms with van der Waals surface area (Å²) in [5, 5.41) is 3.47. The molecule has 1 nitrogen and oxygen atoms in total. The first kappa shape index (κ1) is 21.9. The third-order valence-corrected chi connectivity index (χ3v) is 10.2. The van der Waals surface area contributed by atoms with Gasteiger partial charge in [-0.1, -0.05) is 88.0 Å². The molecule has 2 aromatic rings. The molecule has 3 aliphatic carbocycles. The summed E-state index contributed by atoms with van der Waals surface area (Å²) >= 11 is 14.6. The summed E-state index contributed by atoms with van der Waals surface area (Å²) in [4.78, 5) is 14.1. The lowest BCUT2D eigenvalue weighted by atomic mass is 9.74. The Bertz CT molecular complexity index is 894. The van der Waals surface area contributed by atoms with E-state index in [2.05, 4.69) is 88.0 Å². The van der Waals surface area contributed by atoms with Crippen molar-refractivity contribution < 1.29 is 4.79 Å². The molecule has 0 aromatic heterocycles. The van der Waals surface area contributed by atoms with Gasteiger partial charge in [0.1, 0.15) is 5.78 Å². The topological polar surface area (TPSA) is 17.1 Å².